The lowest BCUT2D eigenvalue weighted by Crippen LogP contribution is -2.39. The first-order valence-electron chi connectivity index (χ1n) is 6.17. The first-order chi connectivity index (χ1) is 7.74. The molecule has 0 spiro atoms. The highest BCUT2D eigenvalue weighted by Gasteiger charge is 2.08. The summed E-state index contributed by atoms with van der Waals surface area (Å²) in [4.78, 5) is 3.92. The van der Waals surface area contributed by atoms with Crippen molar-refractivity contribution in [1.29, 1.82) is 0 Å². The average Bonchev–Trinajstić information content (AvgIpc) is 2.79. The Balaban J connectivity index is 2.15. The Morgan fingerprint density at radius 1 is 1.50 bits per heavy atom. The molecule has 0 saturated heterocycles. The van der Waals surface area contributed by atoms with Crippen LogP contribution in [-0.4, -0.2) is 37.6 Å². The van der Waals surface area contributed by atoms with Crippen LogP contribution in [0.15, 0.2) is 17.5 Å². The van der Waals surface area contributed by atoms with E-state index in [1.165, 1.54) is 17.7 Å². The van der Waals surface area contributed by atoms with Gasteiger partial charge in [0.25, 0.3) is 0 Å². The van der Waals surface area contributed by atoms with Gasteiger partial charge in [0, 0.05) is 24.0 Å². The summed E-state index contributed by atoms with van der Waals surface area (Å²) >= 11 is 1.86. The van der Waals surface area contributed by atoms with Crippen LogP contribution in [0.25, 0.3) is 0 Å². The number of nitrogens with zero attached hydrogens (tertiary/aromatic N) is 1. The van der Waals surface area contributed by atoms with Crippen molar-refractivity contribution < 1.29 is 0 Å². The van der Waals surface area contributed by atoms with Gasteiger partial charge in [-0.05, 0) is 44.8 Å². The van der Waals surface area contributed by atoms with Crippen molar-refractivity contribution in [2.24, 2.45) is 0 Å². The molecule has 1 N–H and O–H groups in total. The molecule has 1 aromatic heterocycles. The van der Waals surface area contributed by atoms with Crippen LogP contribution < -0.4 is 5.32 Å². The third kappa shape index (κ3) is 5.10. The second kappa shape index (κ2) is 7.82. The Kier molecular flexibility index (Phi) is 6.69. The second-order valence-electron chi connectivity index (χ2n) is 4.36. The highest BCUT2D eigenvalue weighted by molar-refractivity contribution is 7.09. The molecule has 1 aromatic rings. The van der Waals surface area contributed by atoms with Gasteiger partial charge in [-0.15, -0.1) is 11.3 Å². The van der Waals surface area contributed by atoms with Crippen LogP contribution in [0.3, 0.4) is 0 Å². The molecule has 1 unspecified atom stereocenters. The van der Waals surface area contributed by atoms with Crippen molar-refractivity contribution in [2.75, 3.05) is 26.7 Å². The number of thiophene rings is 1. The van der Waals surface area contributed by atoms with Gasteiger partial charge >= 0.3 is 0 Å². The lowest BCUT2D eigenvalue weighted by Gasteiger charge is -2.24. The molecular formula is C13H24N2S. The monoisotopic (exact) mass is 240 g/mol. The van der Waals surface area contributed by atoms with Crippen LogP contribution in [0.2, 0.25) is 0 Å². The number of rotatable bonds is 8. The molecule has 1 rings (SSSR count). The smallest absolute Gasteiger partial charge is 0.0189 e. The Labute approximate surface area is 104 Å². The van der Waals surface area contributed by atoms with E-state index in [-0.39, 0.29) is 0 Å². The van der Waals surface area contributed by atoms with Crippen molar-refractivity contribution in [1.82, 2.24) is 10.2 Å². The van der Waals surface area contributed by atoms with Gasteiger partial charge in [0.1, 0.15) is 0 Å². The molecule has 1 atom stereocenters. The van der Waals surface area contributed by atoms with E-state index in [0.717, 1.165) is 19.6 Å². The summed E-state index contributed by atoms with van der Waals surface area (Å²) in [5.41, 5.74) is 0. The predicted molar refractivity (Wildman–Crippen MR) is 73.3 cm³/mol. The minimum atomic E-state index is 0.617. The molecule has 0 aliphatic rings. The molecule has 0 fully saturated rings. The van der Waals surface area contributed by atoms with E-state index < -0.39 is 0 Å². The van der Waals surface area contributed by atoms with Gasteiger partial charge in [-0.2, -0.15) is 0 Å². The predicted octanol–water partition coefficient (Wildman–Crippen LogP) is 2.61. The Morgan fingerprint density at radius 2 is 2.31 bits per heavy atom. The molecule has 0 aliphatic carbocycles. The summed E-state index contributed by atoms with van der Waals surface area (Å²) in [5, 5.41) is 5.62. The second-order valence-corrected chi connectivity index (χ2v) is 5.40. The maximum atomic E-state index is 3.47. The zero-order chi connectivity index (χ0) is 11.8. The van der Waals surface area contributed by atoms with E-state index in [1.54, 1.807) is 0 Å². The van der Waals surface area contributed by atoms with E-state index in [1.807, 2.05) is 11.3 Å². The first kappa shape index (κ1) is 13.7. The Hall–Kier alpha value is -0.380. The quantitative estimate of drug-likeness (QED) is 0.703. The molecule has 2 nitrogen and oxygen atoms in total. The lowest BCUT2D eigenvalue weighted by atomic mass is 10.2. The van der Waals surface area contributed by atoms with Gasteiger partial charge in [-0.3, -0.25) is 0 Å². The van der Waals surface area contributed by atoms with Crippen LogP contribution in [0, 0.1) is 0 Å². The Morgan fingerprint density at radius 3 is 2.94 bits per heavy atom. The molecule has 0 amide bonds. The van der Waals surface area contributed by atoms with Crippen molar-refractivity contribution in [2.45, 2.75) is 32.7 Å². The SMILES string of the molecule is CCCNCC(C)N(C)CCc1cccs1. The fourth-order valence-electron chi connectivity index (χ4n) is 1.61. The van der Waals surface area contributed by atoms with Crippen LogP contribution in [0.1, 0.15) is 25.1 Å². The number of likely N-dealkylation sites (N-methyl/N-ethyl adjacent to an activating group) is 1. The molecule has 0 radical (unpaired) electrons. The topological polar surface area (TPSA) is 15.3 Å². The zero-order valence-corrected chi connectivity index (χ0v) is 11.5. The first-order valence-corrected chi connectivity index (χ1v) is 7.05. The van der Waals surface area contributed by atoms with Gasteiger partial charge in [0.05, 0.1) is 0 Å². The fourth-order valence-corrected chi connectivity index (χ4v) is 2.30. The van der Waals surface area contributed by atoms with Crippen molar-refractivity contribution in [3.05, 3.63) is 22.4 Å². The standard InChI is InChI=1S/C13H24N2S/c1-4-8-14-11-12(2)15(3)9-7-13-6-5-10-16-13/h5-6,10,12,14H,4,7-9,11H2,1-3H3. The summed E-state index contributed by atoms with van der Waals surface area (Å²) < 4.78 is 0. The van der Waals surface area contributed by atoms with Crippen LogP contribution in [0.4, 0.5) is 0 Å². The van der Waals surface area contributed by atoms with Crippen molar-refractivity contribution in [3.8, 4) is 0 Å². The van der Waals surface area contributed by atoms with Gasteiger partial charge in [0.2, 0.25) is 0 Å². The van der Waals surface area contributed by atoms with Gasteiger partial charge in [-0.1, -0.05) is 13.0 Å². The molecule has 16 heavy (non-hydrogen) atoms. The molecule has 0 aliphatic heterocycles. The maximum absolute atomic E-state index is 3.47. The fraction of sp³-hybridized carbons (Fsp3) is 0.692. The van der Waals surface area contributed by atoms with Gasteiger partial charge in [-0.25, -0.2) is 0 Å². The lowest BCUT2D eigenvalue weighted by molar-refractivity contribution is 0.254. The normalized spacial score (nSPS) is 13.2. The largest absolute Gasteiger partial charge is 0.315 e. The van der Waals surface area contributed by atoms with E-state index in [4.69, 9.17) is 0 Å². The third-order valence-electron chi connectivity index (χ3n) is 2.91. The molecular weight excluding hydrogens is 216 g/mol. The van der Waals surface area contributed by atoms with Crippen LogP contribution in [-0.2, 0) is 6.42 Å². The van der Waals surface area contributed by atoms with Gasteiger partial charge < -0.3 is 10.2 Å². The summed E-state index contributed by atoms with van der Waals surface area (Å²) in [6.45, 7) is 7.86. The van der Waals surface area contributed by atoms with Gasteiger partial charge in [0.15, 0.2) is 0 Å². The van der Waals surface area contributed by atoms with Crippen LogP contribution >= 0.6 is 11.3 Å². The number of hydrogen-bond donors (Lipinski definition) is 1. The molecule has 0 aromatic carbocycles. The van der Waals surface area contributed by atoms with Crippen LogP contribution in [0.5, 0.6) is 0 Å². The Bertz CT molecular complexity index is 259. The molecule has 0 bridgehead atoms. The van der Waals surface area contributed by atoms with E-state index >= 15 is 0 Å². The average molecular weight is 240 g/mol. The third-order valence-corrected chi connectivity index (χ3v) is 3.85. The summed E-state index contributed by atoms with van der Waals surface area (Å²) in [5.74, 6) is 0. The van der Waals surface area contributed by atoms with E-state index in [0.29, 0.717) is 6.04 Å². The number of hydrogen-bond acceptors (Lipinski definition) is 3. The van der Waals surface area contributed by atoms with Crippen molar-refractivity contribution in [3.63, 3.8) is 0 Å². The molecule has 92 valence electrons. The van der Waals surface area contributed by atoms with E-state index in [9.17, 15) is 0 Å². The minimum absolute atomic E-state index is 0.617. The molecule has 1 heterocycles. The molecule has 3 heteroatoms. The maximum Gasteiger partial charge on any atom is 0.0189 e. The molecule has 0 saturated carbocycles. The highest BCUT2D eigenvalue weighted by atomic mass is 32.1. The zero-order valence-electron chi connectivity index (χ0n) is 10.7. The highest BCUT2D eigenvalue weighted by Crippen LogP contribution is 2.09. The summed E-state index contributed by atoms with van der Waals surface area (Å²) in [7, 11) is 2.21. The summed E-state index contributed by atoms with van der Waals surface area (Å²) in [6.07, 6.45) is 2.39. The summed E-state index contributed by atoms with van der Waals surface area (Å²) in [6, 6.07) is 4.97. The van der Waals surface area contributed by atoms with Crippen molar-refractivity contribution >= 4 is 11.3 Å². The minimum Gasteiger partial charge on any atom is -0.315 e. The van der Waals surface area contributed by atoms with E-state index in [2.05, 4.69) is 48.6 Å². The number of nitrogens with one attached hydrogen (secondary N) is 1.